The minimum absolute atomic E-state index is 0.126. The summed E-state index contributed by atoms with van der Waals surface area (Å²) in [5, 5.41) is 2.65. The van der Waals surface area contributed by atoms with E-state index in [-0.39, 0.29) is 16.4 Å². The van der Waals surface area contributed by atoms with E-state index in [0.29, 0.717) is 18.7 Å². The van der Waals surface area contributed by atoms with Crippen LogP contribution >= 0.6 is 0 Å². The van der Waals surface area contributed by atoms with Gasteiger partial charge in [-0.2, -0.15) is 4.31 Å². The first kappa shape index (κ1) is 24.6. The number of carbonyl (C=O) groups is 3. The fraction of sp³-hybridized carbons (Fsp3) is 0.375. The first-order valence-electron chi connectivity index (χ1n) is 10.9. The molecule has 1 aliphatic rings. The molecule has 0 saturated carbocycles. The van der Waals surface area contributed by atoms with Crippen LogP contribution in [0, 0.1) is 5.92 Å². The molecule has 1 N–H and O–H groups in total. The monoisotopic (exact) mass is 472 g/mol. The summed E-state index contributed by atoms with van der Waals surface area (Å²) in [6.45, 7) is 4.01. The molecule has 9 heteroatoms. The summed E-state index contributed by atoms with van der Waals surface area (Å²) >= 11 is 0. The van der Waals surface area contributed by atoms with Crippen LogP contribution in [0.4, 0.5) is 0 Å². The van der Waals surface area contributed by atoms with Crippen LogP contribution in [0.2, 0.25) is 0 Å². The predicted octanol–water partition coefficient (Wildman–Crippen LogP) is 2.65. The lowest BCUT2D eigenvalue weighted by molar-refractivity contribution is -0.145. The van der Waals surface area contributed by atoms with Crippen LogP contribution in [0.1, 0.15) is 47.4 Å². The van der Waals surface area contributed by atoms with E-state index in [2.05, 4.69) is 5.32 Å². The number of ketones is 1. The Morgan fingerprint density at radius 3 is 2.12 bits per heavy atom. The van der Waals surface area contributed by atoms with E-state index in [1.165, 1.54) is 28.6 Å². The van der Waals surface area contributed by atoms with Crippen LogP contribution < -0.4 is 5.32 Å². The number of rotatable bonds is 9. The number of ether oxygens (including phenoxy) is 1. The van der Waals surface area contributed by atoms with Crippen molar-refractivity contribution in [3.05, 3.63) is 65.7 Å². The van der Waals surface area contributed by atoms with Gasteiger partial charge < -0.3 is 10.1 Å². The number of sulfonamides is 1. The quantitative estimate of drug-likeness (QED) is 0.444. The molecule has 1 heterocycles. The van der Waals surface area contributed by atoms with Gasteiger partial charge in [-0.25, -0.2) is 13.2 Å². The van der Waals surface area contributed by atoms with Crippen molar-refractivity contribution in [2.24, 2.45) is 5.92 Å². The molecule has 1 fully saturated rings. The molecule has 8 nitrogen and oxygen atoms in total. The van der Waals surface area contributed by atoms with Crippen LogP contribution in [0.25, 0.3) is 0 Å². The largest absolute Gasteiger partial charge is 0.456 e. The summed E-state index contributed by atoms with van der Waals surface area (Å²) in [4.78, 5) is 37.5. The standard InChI is InChI=1S/C24H28N2O6S/c1-17(2)22(25-23(28)19-8-4-3-5-9-19)24(29)32-16-21(27)18-10-12-20(13-11-18)33(30,31)26-14-6-7-15-26/h3-5,8-13,17,22H,6-7,14-16H2,1-2H3,(H,25,28)/t22-/m0/s1. The first-order chi connectivity index (χ1) is 15.7. The lowest BCUT2D eigenvalue weighted by atomic mass is 10.0. The molecule has 0 aromatic heterocycles. The smallest absolute Gasteiger partial charge is 0.329 e. The van der Waals surface area contributed by atoms with Crippen molar-refractivity contribution in [1.29, 1.82) is 0 Å². The Balaban J connectivity index is 1.59. The molecule has 0 unspecified atom stereocenters. The molecule has 0 bridgehead atoms. The van der Waals surface area contributed by atoms with E-state index in [9.17, 15) is 22.8 Å². The molecule has 2 aromatic carbocycles. The molecule has 33 heavy (non-hydrogen) atoms. The first-order valence-corrected chi connectivity index (χ1v) is 12.3. The summed E-state index contributed by atoms with van der Waals surface area (Å²) in [6.07, 6.45) is 1.68. The fourth-order valence-corrected chi connectivity index (χ4v) is 5.03. The van der Waals surface area contributed by atoms with Gasteiger partial charge in [0.1, 0.15) is 6.04 Å². The zero-order valence-corrected chi connectivity index (χ0v) is 19.5. The number of nitrogens with one attached hydrogen (secondary N) is 1. The van der Waals surface area contributed by atoms with Crippen molar-refractivity contribution in [3.63, 3.8) is 0 Å². The van der Waals surface area contributed by atoms with Gasteiger partial charge in [0.25, 0.3) is 5.91 Å². The van der Waals surface area contributed by atoms with E-state index in [4.69, 9.17) is 4.74 Å². The minimum Gasteiger partial charge on any atom is -0.456 e. The van der Waals surface area contributed by atoms with Crippen molar-refractivity contribution in [3.8, 4) is 0 Å². The van der Waals surface area contributed by atoms with Crippen LogP contribution in [-0.2, 0) is 19.6 Å². The van der Waals surface area contributed by atoms with Crippen molar-refractivity contribution >= 4 is 27.7 Å². The van der Waals surface area contributed by atoms with Crippen LogP contribution in [0.3, 0.4) is 0 Å². The van der Waals surface area contributed by atoms with Gasteiger partial charge in [-0.1, -0.05) is 32.0 Å². The number of benzene rings is 2. The maximum atomic E-state index is 12.6. The summed E-state index contributed by atoms with van der Waals surface area (Å²) in [5.41, 5.74) is 0.647. The van der Waals surface area contributed by atoms with Crippen LogP contribution in [-0.4, -0.2) is 56.1 Å². The van der Waals surface area contributed by atoms with Crippen LogP contribution in [0.15, 0.2) is 59.5 Å². The highest BCUT2D eigenvalue weighted by molar-refractivity contribution is 7.89. The average Bonchev–Trinajstić information content (AvgIpc) is 3.37. The Morgan fingerprint density at radius 1 is 0.939 bits per heavy atom. The summed E-state index contributed by atoms with van der Waals surface area (Å²) in [7, 11) is -3.57. The Hall–Kier alpha value is -3.04. The lowest BCUT2D eigenvalue weighted by Gasteiger charge is -2.20. The zero-order valence-electron chi connectivity index (χ0n) is 18.7. The number of esters is 1. The molecule has 2 aromatic rings. The summed E-state index contributed by atoms with van der Waals surface area (Å²) in [5.74, 6) is -1.84. The molecule has 0 aliphatic carbocycles. The lowest BCUT2D eigenvalue weighted by Crippen LogP contribution is -2.45. The van der Waals surface area contributed by atoms with Gasteiger partial charge >= 0.3 is 5.97 Å². The van der Waals surface area contributed by atoms with E-state index in [1.807, 2.05) is 0 Å². The molecule has 0 spiro atoms. The Kier molecular flexibility index (Phi) is 7.99. The second-order valence-electron chi connectivity index (χ2n) is 8.23. The second-order valence-corrected chi connectivity index (χ2v) is 10.2. The van der Waals surface area contributed by atoms with Crippen molar-refractivity contribution in [1.82, 2.24) is 9.62 Å². The van der Waals surface area contributed by atoms with E-state index >= 15 is 0 Å². The summed E-state index contributed by atoms with van der Waals surface area (Å²) in [6, 6.07) is 13.2. The molecule has 1 saturated heterocycles. The molecule has 1 aliphatic heterocycles. The van der Waals surface area contributed by atoms with Gasteiger partial charge in [-0.15, -0.1) is 0 Å². The number of hydrogen-bond acceptors (Lipinski definition) is 6. The van der Waals surface area contributed by atoms with Crippen molar-refractivity contribution < 1.29 is 27.5 Å². The third-order valence-electron chi connectivity index (χ3n) is 5.47. The highest BCUT2D eigenvalue weighted by Crippen LogP contribution is 2.21. The maximum absolute atomic E-state index is 12.6. The van der Waals surface area contributed by atoms with Crippen LogP contribution in [0.5, 0.6) is 0 Å². The Labute approximate surface area is 194 Å². The zero-order chi connectivity index (χ0) is 24.0. The van der Waals surface area contributed by atoms with Gasteiger partial charge in [0.2, 0.25) is 10.0 Å². The average molecular weight is 473 g/mol. The van der Waals surface area contributed by atoms with Crippen molar-refractivity contribution in [2.45, 2.75) is 37.6 Å². The SMILES string of the molecule is CC(C)[C@H](NC(=O)c1ccccc1)C(=O)OCC(=O)c1ccc(S(=O)(=O)N2CCCC2)cc1. The highest BCUT2D eigenvalue weighted by Gasteiger charge is 2.28. The molecule has 1 amide bonds. The molecular formula is C24H28N2O6S. The number of Topliss-reactive ketones (excluding diaryl/α,β-unsaturated/α-hetero) is 1. The fourth-order valence-electron chi connectivity index (χ4n) is 3.51. The third-order valence-corrected chi connectivity index (χ3v) is 7.38. The summed E-state index contributed by atoms with van der Waals surface area (Å²) < 4.78 is 31.8. The maximum Gasteiger partial charge on any atom is 0.329 e. The van der Waals surface area contributed by atoms with E-state index in [0.717, 1.165) is 12.8 Å². The Morgan fingerprint density at radius 2 is 1.55 bits per heavy atom. The highest BCUT2D eigenvalue weighted by atomic mass is 32.2. The van der Waals surface area contributed by atoms with Gasteiger partial charge in [0.05, 0.1) is 4.90 Å². The van der Waals surface area contributed by atoms with Gasteiger partial charge in [0, 0.05) is 24.2 Å². The van der Waals surface area contributed by atoms with Crippen molar-refractivity contribution in [2.75, 3.05) is 19.7 Å². The molecule has 3 rings (SSSR count). The van der Waals surface area contributed by atoms with E-state index in [1.54, 1.807) is 44.2 Å². The molecule has 1 atom stereocenters. The van der Waals surface area contributed by atoms with Gasteiger partial charge in [-0.05, 0) is 55.2 Å². The molecular weight excluding hydrogens is 444 g/mol. The predicted molar refractivity (Wildman–Crippen MR) is 122 cm³/mol. The van der Waals surface area contributed by atoms with Gasteiger partial charge in [0.15, 0.2) is 12.4 Å². The molecule has 0 radical (unpaired) electrons. The minimum atomic E-state index is -3.57. The number of nitrogens with zero attached hydrogens (tertiary/aromatic N) is 1. The number of hydrogen-bond donors (Lipinski definition) is 1. The second kappa shape index (κ2) is 10.7. The molecule has 176 valence electrons. The number of amides is 1. The van der Waals surface area contributed by atoms with Gasteiger partial charge in [-0.3, -0.25) is 9.59 Å². The normalized spacial score (nSPS) is 15.2. The third kappa shape index (κ3) is 6.06. The number of carbonyl (C=O) groups excluding carboxylic acids is 3. The Bertz CT molecular complexity index is 1090. The van der Waals surface area contributed by atoms with E-state index < -0.39 is 40.3 Å². The topological polar surface area (TPSA) is 110 Å².